The third-order valence-electron chi connectivity index (χ3n) is 3.77. The smallest absolute Gasteiger partial charge is 0.265 e. The lowest BCUT2D eigenvalue weighted by atomic mass is 10.1. The molecule has 0 aliphatic carbocycles. The quantitative estimate of drug-likeness (QED) is 0.566. The van der Waals surface area contributed by atoms with Crippen LogP contribution in [0.4, 0.5) is 5.69 Å². The van der Waals surface area contributed by atoms with Crippen LogP contribution in [0, 0.1) is 6.92 Å². The number of thiophene rings is 1. The maximum atomic E-state index is 12.1. The number of carbonyl (C=O) groups excluding carboxylic acids is 1. The zero-order valence-electron chi connectivity index (χ0n) is 12.9. The molecule has 2 heterocycles. The number of fused-ring (bicyclic) bond motifs is 1. The summed E-state index contributed by atoms with van der Waals surface area (Å²) in [4.78, 5) is 17.4. The number of carbonyl (C=O) groups is 1. The van der Waals surface area contributed by atoms with Gasteiger partial charge in [0.05, 0.1) is 4.88 Å². The minimum atomic E-state index is -0.119. The van der Waals surface area contributed by atoms with E-state index in [-0.39, 0.29) is 5.91 Å². The Hall–Kier alpha value is -2.92. The fraction of sp³-hybridized carbons (Fsp3) is 0.0526. The van der Waals surface area contributed by atoms with Gasteiger partial charge in [0.25, 0.3) is 5.91 Å². The van der Waals surface area contributed by atoms with Crippen molar-refractivity contribution in [2.45, 2.75) is 6.92 Å². The van der Waals surface area contributed by atoms with Gasteiger partial charge in [-0.25, -0.2) is 4.98 Å². The fourth-order valence-corrected chi connectivity index (χ4v) is 3.15. The third kappa shape index (κ3) is 2.70. The number of nitrogens with one attached hydrogen (secondary N) is 1. The van der Waals surface area contributed by atoms with E-state index in [4.69, 9.17) is 4.42 Å². The molecule has 2 aromatic carbocycles. The Labute approximate surface area is 142 Å². The number of aromatic nitrogens is 1. The van der Waals surface area contributed by atoms with E-state index >= 15 is 0 Å². The SMILES string of the molecule is Cc1ccccc1-c1nc2cc(NC(=O)c3cccs3)ccc2o1. The second kappa shape index (κ2) is 5.94. The van der Waals surface area contributed by atoms with Gasteiger partial charge >= 0.3 is 0 Å². The highest BCUT2D eigenvalue weighted by molar-refractivity contribution is 7.12. The Balaban J connectivity index is 1.66. The summed E-state index contributed by atoms with van der Waals surface area (Å²) in [7, 11) is 0. The molecule has 2 aromatic heterocycles. The summed E-state index contributed by atoms with van der Waals surface area (Å²) in [5, 5.41) is 4.77. The van der Waals surface area contributed by atoms with Crippen LogP contribution >= 0.6 is 11.3 Å². The van der Waals surface area contributed by atoms with Gasteiger partial charge in [0.2, 0.25) is 5.89 Å². The van der Waals surface area contributed by atoms with Crippen LogP contribution in [0.25, 0.3) is 22.6 Å². The van der Waals surface area contributed by atoms with Crippen LogP contribution < -0.4 is 5.32 Å². The van der Waals surface area contributed by atoms with Crippen LogP contribution in [-0.2, 0) is 0 Å². The van der Waals surface area contributed by atoms with Crippen molar-refractivity contribution in [2.75, 3.05) is 5.32 Å². The van der Waals surface area contributed by atoms with E-state index in [1.165, 1.54) is 11.3 Å². The molecular weight excluding hydrogens is 320 g/mol. The van der Waals surface area contributed by atoms with E-state index in [0.717, 1.165) is 16.6 Å². The van der Waals surface area contributed by atoms with E-state index in [2.05, 4.69) is 10.3 Å². The normalized spacial score (nSPS) is 10.9. The van der Waals surface area contributed by atoms with Gasteiger partial charge in [-0.05, 0) is 48.2 Å². The zero-order valence-corrected chi connectivity index (χ0v) is 13.8. The molecule has 118 valence electrons. The van der Waals surface area contributed by atoms with Gasteiger partial charge in [-0.3, -0.25) is 4.79 Å². The molecule has 0 unspecified atom stereocenters. The molecule has 1 amide bonds. The number of hydrogen-bond donors (Lipinski definition) is 1. The van der Waals surface area contributed by atoms with Crippen molar-refractivity contribution in [2.24, 2.45) is 0 Å². The molecule has 4 nitrogen and oxygen atoms in total. The predicted molar refractivity (Wildman–Crippen MR) is 96.5 cm³/mol. The summed E-state index contributed by atoms with van der Waals surface area (Å²) in [6, 6.07) is 17.1. The average Bonchev–Trinajstić information content (AvgIpc) is 3.24. The molecule has 1 N–H and O–H groups in total. The molecular formula is C19H14N2O2S. The molecule has 0 spiro atoms. The highest BCUT2D eigenvalue weighted by Crippen LogP contribution is 2.28. The van der Waals surface area contributed by atoms with Crippen LogP contribution in [-0.4, -0.2) is 10.9 Å². The topological polar surface area (TPSA) is 55.1 Å². The Kier molecular flexibility index (Phi) is 3.63. The first kappa shape index (κ1) is 14.7. The van der Waals surface area contributed by atoms with Crippen LogP contribution in [0.3, 0.4) is 0 Å². The van der Waals surface area contributed by atoms with Crippen molar-refractivity contribution in [3.05, 3.63) is 70.4 Å². The Morgan fingerprint density at radius 1 is 1.12 bits per heavy atom. The van der Waals surface area contributed by atoms with Crippen LogP contribution in [0.15, 0.2) is 64.4 Å². The van der Waals surface area contributed by atoms with E-state index in [0.29, 0.717) is 22.0 Å². The number of rotatable bonds is 3. The standard InChI is InChI=1S/C19H14N2O2S/c1-12-5-2-3-6-14(12)19-21-15-11-13(8-9-16(15)23-19)20-18(22)17-7-4-10-24-17/h2-11H,1H3,(H,20,22). The van der Waals surface area contributed by atoms with Gasteiger partial charge < -0.3 is 9.73 Å². The number of aryl methyl sites for hydroxylation is 1. The molecule has 0 aliphatic heterocycles. The Bertz CT molecular complexity index is 1020. The van der Waals surface area contributed by atoms with Gasteiger partial charge in [-0.2, -0.15) is 0 Å². The van der Waals surface area contributed by atoms with Gasteiger partial charge in [0.15, 0.2) is 5.58 Å². The predicted octanol–water partition coefficient (Wildman–Crippen LogP) is 5.12. The van der Waals surface area contributed by atoms with Crippen molar-refractivity contribution in [3.63, 3.8) is 0 Å². The van der Waals surface area contributed by atoms with E-state index in [9.17, 15) is 4.79 Å². The van der Waals surface area contributed by atoms with Crippen molar-refractivity contribution >= 4 is 34.0 Å². The first-order valence-corrected chi connectivity index (χ1v) is 8.40. The highest BCUT2D eigenvalue weighted by Gasteiger charge is 2.12. The molecule has 0 saturated carbocycles. The molecule has 4 rings (SSSR count). The van der Waals surface area contributed by atoms with Crippen molar-refractivity contribution in [1.29, 1.82) is 0 Å². The van der Waals surface area contributed by atoms with Gasteiger partial charge in [0.1, 0.15) is 5.52 Å². The number of anilines is 1. The molecule has 0 bridgehead atoms. The maximum absolute atomic E-state index is 12.1. The lowest BCUT2D eigenvalue weighted by Crippen LogP contribution is -2.09. The second-order valence-electron chi connectivity index (χ2n) is 5.45. The average molecular weight is 334 g/mol. The Morgan fingerprint density at radius 2 is 2.00 bits per heavy atom. The summed E-state index contributed by atoms with van der Waals surface area (Å²) < 4.78 is 5.85. The summed E-state index contributed by atoms with van der Waals surface area (Å²) >= 11 is 1.41. The monoisotopic (exact) mass is 334 g/mol. The minimum absolute atomic E-state index is 0.119. The van der Waals surface area contributed by atoms with Crippen molar-refractivity contribution < 1.29 is 9.21 Å². The minimum Gasteiger partial charge on any atom is -0.436 e. The molecule has 5 heteroatoms. The lowest BCUT2D eigenvalue weighted by molar-refractivity contribution is 0.103. The lowest BCUT2D eigenvalue weighted by Gasteiger charge is -2.02. The summed E-state index contributed by atoms with van der Waals surface area (Å²) in [5.41, 5.74) is 4.19. The van der Waals surface area contributed by atoms with Crippen LogP contribution in [0.2, 0.25) is 0 Å². The maximum Gasteiger partial charge on any atom is 0.265 e. The van der Waals surface area contributed by atoms with Crippen LogP contribution in [0.5, 0.6) is 0 Å². The van der Waals surface area contributed by atoms with E-state index in [1.54, 1.807) is 6.07 Å². The molecule has 0 saturated heterocycles. The Morgan fingerprint density at radius 3 is 2.79 bits per heavy atom. The van der Waals surface area contributed by atoms with Crippen molar-refractivity contribution in [3.8, 4) is 11.5 Å². The second-order valence-corrected chi connectivity index (χ2v) is 6.40. The van der Waals surface area contributed by atoms with Gasteiger partial charge in [-0.15, -0.1) is 11.3 Å². The van der Waals surface area contributed by atoms with E-state index in [1.807, 2.05) is 60.8 Å². The van der Waals surface area contributed by atoms with Crippen molar-refractivity contribution in [1.82, 2.24) is 4.98 Å². The largest absolute Gasteiger partial charge is 0.436 e. The van der Waals surface area contributed by atoms with Crippen LogP contribution in [0.1, 0.15) is 15.2 Å². The number of hydrogen-bond acceptors (Lipinski definition) is 4. The van der Waals surface area contributed by atoms with Gasteiger partial charge in [0, 0.05) is 11.3 Å². The third-order valence-corrected chi connectivity index (χ3v) is 4.63. The number of oxazole rings is 1. The number of nitrogens with zero attached hydrogens (tertiary/aromatic N) is 1. The molecule has 4 aromatic rings. The first-order valence-electron chi connectivity index (χ1n) is 7.52. The number of benzene rings is 2. The molecule has 0 aliphatic rings. The summed E-state index contributed by atoms with van der Waals surface area (Å²) in [6.07, 6.45) is 0. The molecule has 24 heavy (non-hydrogen) atoms. The fourth-order valence-electron chi connectivity index (χ4n) is 2.53. The first-order chi connectivity index (χ1) is 11.7. The molecule has 0 atom stereocenters. The molecule has 0 radical (unpaired) electrons. The van der Waals surface area contributed by atoms with E-state index < -0.39 is 0 Å². The highest BCUT2D eigenvalue weighted by atomic mass is 32.1. The number of amides is 1. The summed E-state index contributed by atoms with van der Waals surface area (Å²) in [5.74, 6) is 0.469. The molecule has 0 fully saturated rings. The zero-order chi connectivity index (χ0) is 16.5. The summed E-state index contributed by atoms with van der Waals surface area (Å²) in [6.45, 7) is 2.02. The van der Waals surface area contributed by atoms with Gasteiger partial charge in [-0.1, -0.05) is 24.3 Å².